The van der Waals surface area contributed by atoms with Gasteiger partial charge in [-0.1, -0.05) is 0 Å². The van der Waals surface area contributed by atoms with Crippen molar-refractivity contribution in [2.24, 2.45) is 0 Å². The predicted molar refractivity (Wildman–Crippen MR) is 80.2 cm³/mol. The molecule has 0 saturated carbocycles. The van der Waals surface area contributed by atoms with Gasteiger partial charge in [0, 0.05) is 11.3 Å². The summed E-state index contributed by atoms with van der Waals surface area (Å²) in [6.07, 6.45) is 0. The van der Waals surface area contributed by atoms with Crippen molar-refractivity contribution in [3.8, 4) is 17.1 Å². The number of aromatic nitrogens is 2. The van der Waals surface area contributed by atoms with Crippen LogP contribution in [0.4, 0.5) is 5.69 Å². The number of nitrogens with one attached hydrogen (secondary N) is 1. The third kappa shape index (κ3) is 2.17. The molecule has 0 unspecified atom stereocenters. The van der Waals surface area contributed by atoms with E-state index in [9.17, 15) is 0 Å². The summed E-state index contributed by atoms with van der Waals surface area (Å²) in [6, 6.07) is 11.5. The van der Waals surface area contributed by atoms with Crippen molar-refractivity contribution in [3.63, 3.8) is 0 Å². The Bertz CT molecular complexity index is 752. The van der Waals surface area contributed by atoms with Crippen LogP contribution in [0.5, 0.6) is 5.75 Å². The van der Waals surface area contributed by atoms with E-state index in [0.717, 1.165) is 38.3 Å². The van der Waals surface area contributed by atoms with Crippen LogP contribution in [0.15, 0.2) is 40.9 Å². The number of H-pyrrole nitrogens is 1. The molecule has 4 nitrogen and oxygen atoms in total. The van der Waals surface area contributed by atoms with Crippen molar-refractivity contribution in [1.29, 1.82) is 0 Å². The summed E-state index contributed by atoms with van der Waals surface area (Å²) in [5.41, 5.74) is 9.30. The van der Waals surface area contributed by atoms with Gasteiger partial charge in [-0.25, -0.2) is 4.98 Å². The minimum Gasteiger partial charge on any atom is -0.496 e. The van der Waals surface area contributed by atoms with Crippen LogP contribution in [0.1, 0.15) is 0 Å². The highest BCUT2D eigenvalue weighted by Crippen LogP contribution is 2.30. The third-order valence-electron chi connectivity index (χ3n) is 2.93. The Morgan fingerprint density at radius 3 is 2.79 bits per heavy atom. The summed E-state index contributed by atoms with van der Waals surface area (Å²) in [4.78, 5) is 7.81. The van der Waals surface area contributed by atoms with Crippen molar-refractivity contribution in [2.75, 3.05) is 12.8 Å². The molecule has 0 atom stereocenters. The maximum absolute atomic E-state index is 5.76. The van der Waals surface area contributed by atoms with E-state index in [2.05, 4.69) is 25.9 Å². The highest BCUT2D eigenvalue weighted by molar-refractivity contribution is 9.10. The molecule has 19 heavy (non-hydrogen) atoms. The molecule has 96 valence electrons. The Morgan fingerprint density at radius 2 is 2.05 bits per heavy atom. The largest absolute Gasteiger partial charge is 0.496 e. The maximum atomic E-state index is 5.76. The summed E-state index contributed by atoms with van der Waals surface area (Å²) in [5, 5.41) is 0. The van der Waals surface area contributed by atoms with Crippen LogP contribution in [-0.4, -0.2) is 17.1 Å². The minimum atomic E-state index is 0.721. The first-order valence-electron chi connectivity index (χ1n) is 5.76. The molecule has 0 amide bonds. The second-order valence-electron chi connectivity index (χ2n) is 4.21. The molecule has 0 aliphatic carbocycles. The van der Waals surface area contributed by atoms with Crippen LogP contribution in [0.2, 0.25) is 0 Å². The molecule has 0 spiro atoms. The average molecular weight is 318 g/mol. The van der Waals surface area contributed by atoms with Crippen LogP contribution in [0.25, 0.3) is 22.4 Å². The van der Waals surface area contributed by atoms with Crippen LogP contribution in [0, 0.1) is 0 Å². The number of ether oxygens (including phenoxy) is 1. The van der Waals surface area contributed by atoms with E-state index >= 15 is 0 Å². The quantitative estimate of drug-likeness (QED) is 0.710. The Morgan fingerprint density at radius 1 is 1.21 bits per heavy atom. The van der Waals surface area contributed by atoms with E-state index in [1.54, 1.807) is 7.11 Å². The van der Waals surface area contributed by atoms with Gasteiger partial charge in [0.15, 0.2) is 0 Å². The number of fused-ring (bicyclic) bond motifs is 1. The number of nitrogens with two attached hydrogens (primary N) is 1. The summed E-state index contributed by atoms with van der Waals surface area (Å²) in [7, 11) is 1.64. The zero-order valence-electron chi connectivity index (χ0n) is 10.3. The average Bonchev–Trinajstić information content (AvgIpc) is 2.81. The molecule has 0 fully saturated rings. The van der Waals surface area contributed by atoms with Gasteiger partial charge in [-0.05, 0) is 52.3 Å². The first-order valence-corrected chi connectivity index (χ1v) is 6.56. The number of nitrogen functional groups attached to an aromatic ring is 1. The number of nitrogens with zero attached hydrogens (tertiary/aromatic N) is 1. The number of imidazole rings is 1. The molecule has 2 aromatic carbocycles. The molecule has 0 radical (unpaired) electrons. The molecule has 1 aromatic heterocycles. The molecule has 0 aliphatic rings. The van der Waals surface area contributed by atoms with Gasteiger partial charge in [0.05, 0.1) is 22.6 Å². The number of benzene rings is 2. The Kier molecular flexibility index (Phi) is 2.91. The zero-order valence-corrected chi connectivity index (χ0v) is 11.9. The molecule has 0 saturated heterocycles. The van der Waals surface area contributed by atoms with E-state index < -0.39 is 0 Å². The number of hydrogen-bond acceptors (Lipinski definition) is 3. The highest BCUT2D eigenvalue weighted by atomic mass is 79.9. The fourth-order valence-electron chi connectivity index (χ4n) is 1.98. The summed E-state index contributed by atoms with van der Waals surface area (Å²) in [6.45, 7) is 0. The fourth-order valence-corrected chi connectivity index (χ4v) is 2.52. The Hall–Kier alpha value is -2.01. The standard InChI is InChI=1S/C14H12BrN3O/c1-19-13-5-2-8(6-10(13)15)14-17-11-4-3-9(16)7-12(11)18-14/h2-7H,16H2,1H3,(H,17,18). The molecule has 0 aliphatic heterocycles. The van der Waals surface area contributed by atoms with Gasteiger partial charge in [0.1, 0.15) is 11.6 Å². The number of aromatic amines is 1. The molecule has 3 rings (SSSR count). The van der Waals surface area contributed by atoms with Crippen molar-refractivity contribution >= 4 is 32.7 Å². The lowest BCUT2D eigenvalue weighted by Gasteiger charge is -2.04. The van der Waals surface area contributed by atoms with Gasteiger partial charge in [-0.3, -0.25) is 0 Å². The summed E-state index contributed by atoms with van der Waals surface area (Å²) < 4.78 is 6.11. The van der Waals surface area contributed by atoms with E-state index in [0.29, 0.717) is 0 Å². The van der Waals surface area contributed by atoms with E-state index in [4.69, 9.17) is 10.5 Å². The van der Waals surface area contributed by atoms with Gasteiger partial charge < -0.3 is 15.5 Å². The topological polar surface area (TPSA) is 63.9 Å². The van der Waals surface area contributed by atoms with Crippen molar-refractivity contribution in [2.45, 2.75) is 0 Å². The van der Waals surface area contributed by atoms with Gasteiger partial charge >= 0.3 is 0 Å². The number of halogens is 1. The van der Waals surface area contributed by atoms with Crippen LogP contribution < -0.4 is 10.5 Å². The van der Waals surface area contributed by atoms with Gasteiger partial charge in [-0.2, -0.15) is 0 Å². The number of hydrogen-bond donors (Lipinski definition) is 2. The normalized spacial score (nSPS) is 10.8. The molecule has 3 N–H and O–H groups in total. The first-order chi connectivity index (χ1) is 9.17. The van der Waals surface area contributed by atoms with Crippen LogP contribution in [0.3, 0.4) is 0 Å². The van der Waals surface area contributed by atoms with Crippen molar-refractivity contribution in [3.05, 3.63) is 40.9 Å². The van der Waals surface area contributed by atoms with Crippen molar-refractivity contribution in [1.82, 2.24) is 9.97 Å². The van der Waals surface area contributed by atoms with Crippen LogP contribution >= 0.6 is 15.9 Å². The van der Waals surface area contributed by atoms with Crippen LogP contribution in [-0.2, 0) is 0 Å². The SMILES string of the molecule is COc1ccc(-c2nc3ccc(N)cc3[nH]2)cc1Br. The number of methoxy groups -OCH3 is 1. The van der Waals surface area contributed by atoms with E-state index in [-0.39, 0.29) is 0 Å². The second-order valence-corrected chi connectivity index (χ2v) is 5.07. The monoisotopic (exact) mass is 317 g/mol. The molecule has 1 heterocycles. The molecular formula is C14H12BrN3O. The fraction of sp³-hybridized carbons (Fsp3) is 0.0714. The molecular weight excluding hydrogens is 306 g/mol. The summed E-state index contributed by atoms with van der Waals surface area (Å²) in [5.74, 6) is 1.60. The van der Waals surface area contributed by atoms with E-state index in [1.807, 2.05) is 36.4 Å². The van der Waals surface area contributed by atoms with Gasteiger partial charge in [0.2, 0.25) is 0 Å². The van der Waals surface area contributed by atoms with Crippen molar-refractivity contribution < 1.29 is 4.74 Å². The van der Waals surface area contributed by atoms with Gasteiger partial charge in [0.25, 0.3) is 0 Å². The second kappa shape index (κ2) is 4.59. The summed E-state index contributed by atoms with van der Waals surface area (Å²) >= 11 is 3.47. The minimum absolute atomic E-state index is 0.721. The lowest BCUT2D eigenvalue weighted by Crippen LogP contribution is -1.86. The highest BCUT2D eigenvalue weighted by Gasteiger charge is 2.08. The Balaban J connectivity index is 2.11. The smallest absolute Gasteiger partial charge is 0.138 e. The first kappa shape index (κ1) is 12.0. The molecule has 5 heteroatoms. The predicted octanol–water partition coefficient (Wildman–Crippen LogP) is 3.58. The Labute approximate surface area is 118 Å². The molecule has 0 bridgehead atoms. The lowest BCUT2D eigenvalue weighted by molar-refractivity contribution is 0.412. The lowest BCUT2D eigenvalue weighted by atomic mass is 10.2. The third-order valence-corrected chi connectivity index (χ3v) is 3.55. The molecule has 3 aromatic rings. The zero-order chi connectivity index (χ0) is 13.4. The van der Waals surface area contributed by atoms with Gasteiger partial charge in [-0.15, -0.1) is 0 Å². The maximum Gasteiger partial charge on any atom is 0.138 e. The van der Waals surface area contributed by atoms with E-state index in [1.165, 1.54) is 0 Å². The number of rotatable bonds is 2. The number of anilines is 1.